The van der Waals surface area contributed by atoms with Crippen LogP contribution in [-0.2, 0) is 0 Å². The Bertz CT molecular complexity index is 1020. The molecule has 4 aromatic rings. The van der Waals surface area contributed by atoms with E-state index in [2.05, 4.69) is 0 Å². The quantitative estimate of drug-likeness (QED) is 0.435. The fourth-order valence-electron chi connectivity index (χ4n) is 4.16. The fourth-order valence-corrected chi connectivity index (χ4v) is 4.16. The molecule has 0 N–H and O–H groups in total. The van der Waals surface area contributed by atoms with Gasteiger partial charge in [-0.25, -0.2) is 0 Å². The van der Waals surface area contributed by atoms with E-state index in [0.29, 0.717) is 0 Å². The zero-order valence-corrected chi connectivity index (χ0v) is 14.0. The molecule has 7 rings (SSSR count). The van der Waals surface area contributed by atoms with Gasteiger partial charge in [-0.3, -0.25) is 0 Å². The lowest BCUT2D eigenvalue weighted by Crippen LogP contribution is -1.92. The third-order valence-corrected chi connectivity index (χ3v) is 5.41. The minimum absolute atomic E-state index is 0.236. The molecular formula is C21H12O6. The average Bonchev–Trinajstić information content (AvgIpc) is 3.43. The summed E-state index contributed by atoms with van der Waals surface area (Å²) in [6, 6.07) is 12.2. The van der Waals surface area contributed by atoms with Crippen LogP contribution in [0.15, 0.2) is 36.4 Å². The fraction of sp³-hybridized carbons (Fsp3) is 0.143. The van der Waals surface area contributed by atoms with Crippen LogP contribution in [-0.4, -0.2) is 20.4 Å². The van der Waals surface area contributed by atoms with E-state index in [-0.39, 0.29) is 20.4 Å². The maximum Gasteiger partial charge on any atom is 0.231 e. The first-order valence-corrected chi connectivity index (χ1v) is 8.67. The summed E-state index contributed by atoms with van der Waals surface area (Å²) in [7, 11) is 0. The first kappa shape index (κ1) is 13.6. The highest BCUT2D eigenvalue weighted by Gasteiger charge is 2.23. The smallest absolute Gasteiger partial charge is 0.231 e. The van der Waals surface area contributed by atoms with E-state index < -0.39 is 0 Å². The molecule has 0 radical (unpaired) electrons. The van der Waals surface area contributed by atoms with Gasteiger partial charge >= 0.3 is 0 Å². The lowest BCUT2D eigenvalue weighted by atomic mass is 9.93. The van der Waals surface area contributed by atoms with Crippen molar-refractivity contribution < 1.29 is 28.4 Å². The first-order chi connectivity index (χ1) is 13.3. The van der Waals surface area contributed by atoms with Crippen LogP contribution in [0.3, 0.4) is 0 Å². The maximum absolute atomic E-state index is 5.61. The number of rotatable bonds is 0. The predicted octanol–water partition coefficient (Wildman–Crippen LogP) is 4.33. The summed E-state index contributed by atoms with van der Waals surface area (Å²) in [4.78, 5) is 0. The van der Waals surface area contributed by atoms with Gasteiger partial charge < -0.3 is 28.4 Å². The number of fused-ring (bicyclic) bond motifs is 9. The van der Waals surface area contributed by atoms with Gasteiger partial charge in [-0.15, -0.1) is 0 Å². The Morgan fingerprint density at radius 3 is 0.704 bits per heavy atom. The van der Waals surface area contributed by atoms with Crippen molar-refractivity contribution in [3.05, 3.63) is 36.4 Å². The molecule has 6 nitrogen and oxygen atoms in total. The topological polar surface area (TPSA) is 55.4 Å². The summed E-state index contributed by atoms with van der Waals surface area (Å²) in [5.74, 6) is 4.51. The van der Waals surface area contributed by atoms with Crippen molar-refractivity contribution in [2.45, 2.75) is 0 Å². The number of benzene rings is 4. The van der Waals surface area contributed by atoms with Gasteiger partial charge in [-0.2, -0.15) is 0 Å². The Labute approximate surface area is 152 Å². The third-order valence-electron chi connectivity index (χ3n) is 5.41. The van der Waals surface area contributed by atoms with Crippen LogP contribution in [0.5, 0.6) is 34.5 Å². The van der Waals surface area contributed by atoms with Crippen molar-refractivity contribution in [2.24, 2.45) is 0 Å². The number of hydrogen-bond donors (Lipinski definition) is 0. The Balaban J connectivity index is 1.73. The minimum Gasteiger partial charge on any atom is -0.454 e. The largest absolute Gasteiger partial charge is 0.454 e. The van der Waals surface area contributed by atoms with Gasteiger partial charge in [-0.1, -0.05) is 0 Å². The predicted molar refractivity (Wildman–Crippen MR) is 97.3 cm³/mol. The second kappa shape index (κ2) is 4.59. The normalized spacial score (nSPS) is 16.0. The molecule has 0 saturated heterocycles. The van der Waals surface area contributed by atoms with Crippen molar-refractivity contribution in [3.63, 3.8) is 0 Å². The van der Waals surface area contributed by atoms with Crippen molar-refractivity contribution >= 4 is 32.3 Å². The zero-order valence-electron chi connectivity index (χ0n) is 14.0. The first-order valence-electron chi connectivity index (χ1n) is 8.67. The van der Waals surface area contributed by atoms with E-state index in [1.807, 2.05) is 36.4 Å². The van der Waals surface area contributed by atoms with Gasteiger partial charge in [0.1, 0.15) is 0 Å². The maximum atomic E-state index is 5.61. The molecule has 3 heterocycles. The number of ether oxygens (including phenoxy) is 6. The van der Waals surface area contributed by atoms with Gasteiger partial charge in [0.25, 0.3) is 0 Å². The highest BCUT2D eigenvalue weighted by atomic mass is 16.7. The summed E-state index contributed by atoms with van der Waals surface area (Å²) >= 11 is 0. The molecule has 0 atom stereocenters. The second-order valence-corrected chi connectivity index (χ2v) is 6.75. The van der Waals surface area contributed by atoms with E-state index in [9.17, 15) is 0 Å². The summed E-state index contributed by atoms with van der Waals surface area (Å²) in [6.45, 7) is 0.709. The molecule has 0 saturated carbocycles. The standard InChI is InChI=1S/C21H12O6/c1-10-11(2-17-16(1)22-7-23-17)13-4-20-21(27-9-26-20)6-15(13)14-5-19-18(3-12(10)14)24-8-25-19/h1-6H,7-9H2. The Kier molecular flexibility index (Phi) is 2.32. The molecule has 3 aliphatic heterocycles. The Morgan fingerprint density at radius 1 is 0.333 bits per heavy atom. The molecule has 27 heavy (non-hydrogen) atoms. The van der Waals surface area contributed by atoms with E-state index >= 15 is 0 Å². The van der Waals surface area contributed by atoms with Gasteiger partial charge in [0.2, 0.25) is 20.4 Å². The molecule has 3 aliphatic rings. The summed E-state index contributed by atoms with van der Waals surface area (Å²) in [5, 5.41) is 6.41. The Morgan fingerprint density at radius 2 is 0.519 bits per heavy atom. The van der Waals surface area contributed by atoms with Crippen molar-refractivity contribution in [2.75, 3.05) is 20.4 Å². The molecule has 0 spiro atoms. The highest BCUT2D eigenvalue weighted by Crippen LogP contribution is 2.48. The molecule has 6 heteroatoms. The molecular weight excluding hydrogens is 348 g/mol. The molecule has 0 aliphatic carbocycles. The molecule has 4 aromatic carbocycles. The zero-order chi connectivity index (χ0) is 17.5. The highest BCUT2D eigenvalue weighted by molar-refractivity contribution is 6.26. The lowest BCUT2D eigenvalue weighted by Gasteiger charge is -2.13. The average molecular weight is 360 g/mol. The molecule has 0 amide bonds. The van der Waals surface area contributed by atoms with E-state index in [4.69, 9.17) is 28.4 Å². The SMILES string of the molecule is c1c2c(cc3c1c1cc4c(cc1c1cc5c(cc31)OCO5)OCO4)OCO2. The summed E-state index contributed by atoms with van der Waals surface area (Å²) in [5.41, 5.74) is 0. The van der Waals surface area contributed by atoms with Gasteiger partial charge in [0, 0.05) is 0 Å². The third kappa shape index (κ3) is 1.70. The second-order valence-electron chi connectivity index (χ2n) is 6.75. The summed E-state index contributed by atoms with van der Waals surface area (Å²) in [6.07, 6.45) is 0. The molecule has 132 valence electrons. The van der Waals surface area contributed by atoms with Crippen molar-refractivity contribution in [3.8, 4) is 34.5 Å². The van der Waals surface area contributed by atoms with Gasteiger partial charge in [0.05, 0.1) is 0 Å². The van der Waals surface area contributed by atoms with Crippen LogP contribution in [0.25, 0.3) is 32.3 Å². The van der Waals surface area contributed by atoms with E-state index in [0.717, 1.165) is 66.8 Å². The van der Waals surface area contributed by atoms with Crippen LogP contribution >= 0.6 is 0 Å². The van der Waals surface area contributed by atoms with Crippen molar-refractivity contribution in [1.29, 1.82) is 0 Å². The van der Waals surface area contributed by atoms with Crippen LogP contribution < -0.4 is 28.4 Å². The van der Waals surface area contributed by atoms with E-state index in [1.54, 1.807) is 0 Å². The van der Waals surface area contributed by atoms with Gasteiger partial charge in [-0.05, 0) is 68.7 Å². The van der Waals surface area contributed by atoms with Crippen LogP contribution in [0.1, 0.15) is 0 Å². The lowest BCUT2D eigenvalue weighted by molar-refractivity contribution is 0.173. The van der Waals surface area contributed by atoms with Crippen LogP contribution in [0, 0.1) is 0 Å². The number of hydrogen-bond acceptors (Lipinski definition) is 6. The monoisotopic (exact) mass is 360 g/mol. The van der Waals surface area contributed by atoms with Crippen molar-refractivity contribution in [1.82, 2.24) is 0 Å². The molecule has 0 bridgehead atoms. The Hall–Kier alpha value is -3.54. The van der Waals surface area contributed by atoms with Crippen LogP contribution in [0.2, 0.25) is 0 Å². The van der Waals surface area contributed by atoms with Gasteiger partial charge in [0.15, 0.2) is 34.5 Å². The molecule has 0 fully saturated rings. The molecule has 0 unspecified atom stereocenters. The van der Waals surface area contributed by atoms with Crippen LogP contribution in [0.4, 0.5) is 0 Å². The summed E-state index contributed by atoms with van der Waals surface area (Å²) < 4.78 is 33.7. The minimum atomic E-state index is 0.236. The molecule has 0 aromatic heterocycles. The van der Waals surface area contributed by atoms with E-state index in [1.165, 1.54) is 0 Å².